The molecule has 1 aliphatic rings. The number of carboxylic acid groups (broad SMARTS) is 1. The molecule has 0 radical (unpaired) electrons. The molecular formula is C20H23N3O4S2. The van der Waals surface area contributed by atoms with Crippen LogP contribution in [-0.2, 0) is 9.53 Å². The highest BCUT2D eigenvalue weighted by Gasteiger charge is 2.26. The lowest BCUT2D eigenvalue weighted by Crippen LogP contribution is -2.36. The average molecular weight is 434 g/mol. The molecule has 1 aliphatic heterocycles. The number of thiophene rings is 1. The summed E-state index contributed by atoms with van der Waals surface area (Å²) in [4.78, 5) is 31.9. The number of piperidine rings is 1. The first-order valence-electron chi connectivity index (χ1n) is 9.18. The van der Waals surface area contributed by atoms with E-state index >= 15 is 0 Å². The van der Waals surface area contributed by atoms with Gasteiger partial charge < -0.3 is 20.1 Å². The zero-order valence-electron chi connectivity index (χ0n) is 16.3. The molecule has 1 saturated heterocycles. The molecule has 29 heavy (non-hydrogen) atoms. The summed E-state index contributed by atoms with van der Waals surface area (Å²) in [6.07, 6.45) is 6.47. The van der Waals surface area contributed by atoms with Gasteiger partial charge in [-0.25, -0.2) is 4.98 Å². The van der Waals surface area contributed by atoms with Gasteiger partial charge in [0, 0.05) is 18.8 Å². The molecule has 2 N–H and O–H groups in total. The fourth-order valence-corrected chi connectivity index (χ4v) is 5.10. The average Bonchev–Trinajstić information content (AvgIpc) is 3.30. The Kier molecular flexibility index (Phi) is 6.71. The molecule has 0 aliphatic carbocycles. The van der Waals surface area contributed by atoms with Gasteiger partial charge in [-0.3, -0.25) is 9.59 Å². The fourth-order valence-electron chi connectivity index (χ4n) is 2.94. The van der Waals surface area contributed by atoms with E-state index < -0.39 is 5.97 Å². The van der Waals surface area contributed by atoms with Crippen LogP contribution in [0.2, 0.25) is 0 Å². The van der Waals surface area contributed by atoms with Gasteiger partial charge >= 0.3 is 5.97 Å². The second-order valence-corrected chi connectivity index (χ2v) is 8.62. The van der Waals surface area contributed by atoms with Gasteiger partial charge in [-0.2, -0.15) is 0 Å². The van der Waals surface area contributed by atoms with Crippen LogP contribution in [-0.4, -0.2) is 42.2 Å². The Morgan fingerprint density at radius 2 is 2.07 bits per heavy atom. The molecule has 1 amide bonds. The third kappa shape index (κ3) is 5.04. The van der Waals surface area contributed by atoms with Gasteiger partial charge in [0.05, 0.1) is 22.6 Å². The molecule has 0 saturated carbocycles. The van der Waals surface area contributed by atoms with Crippen molar-refractivity contribution in [3.8, 4) is 0 Å². The Morgan fingerprint density at radius 3 is 2.66 bits per heavy atom. The molecule has 2 aromatic heterocycles. The molecule has 2 aromatic rings. The number of carbonyl (C=O) groups is 2. The minimum atomic E-state index is -0.720. The van der Waals surface area contributed by atoms with Crippen LogP contribution in [0.25, 0.3) is 9.53 Å². The van der Waals surface area contributed by atoms with Crippen molar-refractivity contribution < 1.29 is 19.4 Å². The first kappa shape index (κ1) is 21.1. The molecule has 0 spiro atoms. The van der Waals surface area contributed by atoms with Crippen LogP contribution < -0.4 is 10.2 Å². The normalized spacial score (nSPS) is 15.8. The summed E-state index contributed by atoms with van der Waals surface area (Å²) in [6.45, 7) is 6.93. The van der Waals surface area contributed by atoms with Crippen LogP contribution in [0.15, 0.2) is 42.3 Å². The predicted molar refractivity (Wildman–Crippen MR) is 117 cm³/mol. The highest BCUT2D eigenvalue weighted by atomic mass is 32.1. The molecule has 3 rings (SSSR count). The van der Waals surface area contributed by atoms with Gasteiger partial charge in [-0.1, -0.05) is 24.0 Å². The lowest BCUT2D eigenvalue weighted by atomic mass is 9.98. The van der Waals surface area contributed by atoms with Crippen molar-refractivity contribution in [3.63, 3.8) is 0 Å². The van der Waals surface area contributed by atoms with Gasteiger partial charge in [0.2, 0.25) is 0 Å². The fraction of sp³-hybridized carbons (Fsp3) is 0.350. The molecule has 0 unspecified atom stereocenters. The van der Waals surface area contributed by atoms with E-state index in [0.29, 0.717) is 42.3 Å². The number of aromatic nitrogens is 1. The van der Waals surface area contributed by atoms with Gasteiger partial charge in [-0.15, -0.1) is 11.3 Å². The highest BCUT2D eigenvalue weighted by Crippen LogP contribution is 2.36. The number of hydrogen-bond donors (Lipinski definition) is 2. The lowest BCUT2D eigenvalue weighted by Gasteiger charge is -2.29. The van der Waals surface area contributed by atoms with Crippen LogP contribution in [0.4, 0.5) is 5.13 Å². The summed E-state index contributed by atoms with van der Waals surface area (Å²) in [5.74, 6) is -0.676. The number of hydrogen-bond acceptors (Lipinski definition) is 7. The number of rotatable bonds is 7. The standard InChI is InChI=1S/C20H23N3O4S2/c1-4-14(6-5-12(2)27-3)21-17(24)15-11-16-18(28-15)22-20(29-16)23-9-7-13(8-10-23)19(25)26/h4-6,11,13H,2,7-10H2,1,3H3,(H,21,24)(H,25,26)/b6-5-,14-4+. The first-order valence-corrected chi connectivity index (χ1v) is 10.8. The number of amides is 1. The molecule has 0 bridgehead atoms. The number of nitrogens with one attached hydrogen (secondary N) is 1. The first-order chi connectivity index (χ1) is 13.9. The summed E-state index contributed by atoms with van der Waals surface area (Å²) in [6, 6.07) is 1.85. The highest BCUT2D eigenvalue weighted by molar-refractivity contribution is 7.29. The van der Waals surface area contributed by atoms with Crippen molar-refractivity contribution >= 4 is 49.2 Å². The summed E-state index contributed by atoms with van der Waals surface area (Å²) < 4.78 is 5.94. The maximum atomic E-state index is 12.6. The van der Waals surface area contributed by atoms with Crippen LogP contribution in [0.5, 0.6) is 0 Å². The maximum Gasteiger partial charge on any atom is 0.306 e. The molecule has 7 nitrogen and oxygen atoms in total. The van der Waals surface area contributed by atoms with Crippen molar-refractivity contribution in [2.24, 2.45) is 5.92 Å². The maximum absolute atomic E-state index is 12.6. The molecule has 1 fully saturated rings. The van der Waals surface area contributed by atoms with E-state index in [4.69, 9.17) is 9.84 Å². The predicted octanol–water partition coefficient (Wildman–Crippen LogP) is 4.01. The number of methoxy groups -OCH3 is 1. The van der Waals surface area contributed by atoms with Gasteiger partial charge in [-0.05, 0) is 38.0 Å². The molecule has 9 heteroatoms. The van der Waals surface area contributed by atoms with Crippen LogP contribution >= 0.6 is 22.7 Å². The third-order valence-corrected chi connectivity index (χ3v) is 6.92. The number of carboxylic acids is 1. The Morgan fingerprint density at radius 1 is 1.34 bits per heavy atom. The zero-order chi connectivity index (χ0) is 21.0. The van der Waals surface area contributed by atoms with E-state index in [0.717, 1.165) is 14.7 Å². The zero-order valence-corrected chi connectivity index (χ0v) is 17.9. The van der Waals surface area contributed by atoms with E-state index in [-0.39, 0.29) is 11.8 Å². The second-order valence-electron chi connectivity index (χ2n) is 6.58. The quantitative estimate of drug-likeness (QED) is 0.506. The van der Waals surface area contributed by atoms with Crippen molar-refractivity contribution in [2.75, 3.05) is 25.1 Å². The number of nitrogens with zero attached hydrogens (tertiary/aromatic N) is 2. The SMILES string of the molecule is C=C(/C=C\C(=C/C)NC(=O)c1cc2sc(N3CCC(C(=O)O)CC3)nc2s1)OC. The monoisotopic (exact) mass is 433 g/mol. The number of ether oxygens (including phenoxy) is 1. The molecule has 0 aromatic carbocycles. The number of allylic oxidation sites excluding steroid dienone is 3. The summed E-state index contributed by atoms with van der Waals surface area (Å²) >= 11 is 2.88. The largest absolute Gasteiger partial charge is 0.497 e. The number of thiazole rings is 1. The molecule has 0 atom stereocenters. The summed E-state index contributed by atoms with van der Waals surface area (Å²) in [5.41, 5.74) is 0.653. The van der Waals surface area contributed by atoms with Gasteiger partial charge in [0.1, 0.15) is 10.6 Å². The minimum absolute atomic E-state index is 0.190. The van der Waals surface area contributed by atoms with Crippen molar-refractivity contribution in [1.29, 1.82) is 0 Å². The van der Waals surface area contributed by atoms with Crippen LogP contribution in [0.3, 0.4) is 0 Å². The van der Waals surface area contributed by atoms with Crippen molar-refractivity contribution in [1.82, 2.24) is 10.3 Å². The van der Waals surface area contributed by atoms with Gasteiger partial charge in [0.25, 0.3) is 5.91 Å². The topological polar surface area (TPSA) is 91.8 Å². The smallest absolute Gasteiger partial charge is 0.306 e. The van der Waals surface area contributed by atoms with Crippen molar-refractivity contribution in [3.05, 3.63) is 47.2 Å². The Labute approximate surface area is 177 Å². The molecule has 3 heterocycles. The van der Waals surface area contributed by atoms with Crippen LogP contribution in [0, 0.1) is 5.92 Å². The third-order valence-electron chi connectivity index (χ3n) is 4.70. The molecular weight excluding hydrogens is 410 g/mol. The Bertz CT molecular complexity index is 950. The van der Waals surface area contributed by atoms with Crippen molar-refractivity contribution in [2.45, 2.75) is 19.8 Å². The number of aliphatic carboxylic acids is 1. The summed E-state index contributed by atoms with van der Waals surface area (Å²) in [5, 5.41) is 12.9. The van der Waals surface area contributed by atoms with Gasteiger partial charge in [0.15, 0.2) is 5.13 Å². The minimum Gasteiger partial charge on any atom is -0.497 e. The second kappa shape index (κ2) is 9.23. The van der Waals surface area contributed by atoms with E-state index in [1.54, 1.807) is 18.2 Å². The number of fused-ring (bicyclic) bond motifs is 1. The molecule has 154 valence electrons. The Balaban J connectivity index is 1.66. The number of anilines is 1. The van der Waals surface area contributed by atoms with E-state index in [1.165, 1.54) is 29.8 Å². The van der Waals surface area contributed by atoms with E-state index in [9.17, 15) is 9.59 Å². The number of carbonyl (C=O) groups excluding carboxylic acids is 1. The Hall–Kier alpha value is -2.65. The summed E-state index contributed by atoms with van der Waals surface area (Å²) in [7, 11) is 1.54. The van der Waals surface area contributed by atoms with E-state index in [2.05, 4.69) is 21.8 Å². The van der Waals surface area contributed by atoms with Crippen LogP contribution in [0.1, 0.15) is 29.4 Å². The van der Waals surface area contributed by atoms with E-state index in [1.807, 2.05) is 13.0 Å². The lowest BCUT2D eigenvalue weighted by molar-refractivity contribution is -0.142.